The molecule has 3 heteroatoms. The first-order chi connectivity index (χ1) is 6.98. The van der Waals surface area contributed by atoms with Gasteiger partial charge in [-0.1, -0.05) is 29.7 Å². The molecule has 0 aliphatic heterocycles. The lowest BCUT2D eigenvalue weighted by atomic mass is 9.81. The van der Waals surface area contributed by atoms with Crippen molar-refractivity contribution in [2.75, 3.05) is 6.61 Å². The van der Waals surface area contributed by atoms with E-state index in [4.69, 9.17) is 4.74 Å². The molecule has 0 saturated carbocycles. The Hall–Kier alpha value is -1.25. The highest BCUT2D eigenvalue weighted by Crippen LogP contribution is 2.23. The number of ether oxygens (including phenoxy) is 1. The van der Waals surface area contributed by atoms with Crippen LogP contribution in [0.25, 0.3) is 0 Å². The summed E-state index contributed by atoms with van der Waals surface area (Å²) in [5.74, 6) is -0.171. The van der Waals surface area contributed by atoms with E-state index in [-0.39, 0.29) is 5.97 Å². The van der Waals surface area contributed by atoms with E-state index in [2.05, 4.69) is 0 Å². The van der Waals surface area contributed by atoms with Gasteiger partial charge in [0.15, 0.2) is 0 Å². The highest BCUT2D eigenvalue weighted by molar-refractivity contribution is 6.32. The molecule has 0 amide bonds. The summed E-state index contributed by atoms with van der Waals surface area (Å²) in [6.45, 7) is 6.03. The summed E-state index contributed by atoms with van der Waals surface area (Å²) in [6, 6.07) is 7.97. The molecule has 1 aromatic rings. The topological polar surface area (TPSA) is 26.3 Å². The van der Waals surface area contributed by atoms with Gasteiger partial charge in [-0.25, -0.2) is 0 Å². The van der Waals surface area contributed by atoms with Crippen LogP contribution in [0, 0.1) is 0 Å². The molecule has 0 spiro atoms. The highest BCUT2D eigenvalue weighted by atomic mass is 16.5. The van der Waals surface area contributed by atoms with Crippen molar-refractivity contribution in [3.8, 4) is 0 Å². The molecule has 80 valence electrons. The second-order valence-corrected chi connectivity index (χ2v) is 4.21. The van der Waals surface area contributed by atoms with Gasteiger partial charge in [0.25, 0.3) is 0 Å². The fraction of sp³-hybridized carbons (Fsp3) is 0.417. The number of rotatable bonds is 3. The van der Waals surface area contributed by atoms with Crippen LogP contribution in [0.1, 0.15) is 26.3 Å². The van der Waals surface area contributed by atoms with Gasteiger partial charge in [0.1, 0.15) is 7.85 Å². The first kappa shape index (κ1) is 11.8. The smallest absolute Gasteiger partial charge is 0.315 e. The quantitative estimate of drug-likeness (QED) is 0.537. The van der Waals surface area contributed by atoms with Gasteiger partial charge in [0, 0.05) is 0 Å². The average Bonchev–Trinajstić information content (AvgIpc) is 2.18. The fourth-order valence-corrected chi connectivity index (χ4v) is 1.46. The van der Waals surface area contributed by atoms with E-state index >= 15 is 0 Å². The Kier molecular flexibility index (Phi) is 3.56. The van der Waals surface area contributed by atoms with Crippen molar-refractivity contribution >= 4 is 19.3 Å². The lowest BCUT2D eigenvalue weighted by molar-refractivity contribution is -0.148. The molecular formula is C12H17BO2. The van der Waals surface area contributed by atoms with Crippen LogP contribution in [0.3, 0.4) is 0 Å². The van der Waals surface area contributed by atoms with Crippen LogP contribution in [-0.2, 0) is 14.9 Å². The van der Waals surface area contributed by atoms with Crippen LogP contribution in [0.4, 0.5) is 0 Å². The minimum atomic E-state index is -0.567. The standard InChI is InChI=1S/C12H17BO2/c1-4-15-11(14)12(2,3)9-6-5-7-10(13)8-9/h5-8H,4,13H2,1-3H3. The summed E-state index contributed by atoms with van der Waals surface area (Å²) < 4.78 is 5.06. The van der Waals surface area contributed by atoms with E-state index in [1.54, 1.807) is 0 Å². The summed E-state index contributed by atoms with van der Waals surface area (Å²) in [6.07, 6.45) is 0. The molecule has 2 nitrogen and oxygen atoms in total. The molecule has 0 atom stereocenters. The molecule has 0 radical (unpaired) electrons. The van der Waals surface area contributed by atoms with Crippen LogP contribution in [0.2, 0.25) is 0 Å². The molecule has 0 fully saturated rings. The maximum absolute atomic E-state index is 11.8. The zero-order valence-corrected chi connectivity index (χ0v) is 9.83. The van der Waals surface area contributed by atoms with Crippen molar-refractivity contribution < 1.29 is 9.53 Å². The Labute approximate surface area is 92.0 Å². The molecule has 15 heavy (non-hydrogen) atoms. The molecule has 0 N–H and O–H groups in total. The summed E-state index contributed by atoms with van der Waals surface area (Å²) in [5, 5.41) is 0. The van der Waals surface area contributed by atoms with Gasteiger partial charge in [0.2, 0.25) is 0 Å². The second kappa shape index (κ2) is 4.52. The highest BCUT2D eigenvalue weighted by Gasteiger charge is 2.31. The summed E-state index contributed by atoms with van der Waals surface area (Å²) in [5.41, 5.74) is 1.59. The third kappa shape index (κ3) is 2.61. The van der Waals surface area contributed by atoms with Gasteiger partial charge in [-0.15, -0.1) is 0 Å². The van der Waals surface area contributed by atoms with Crippen molar-refractivity contribution in [2.24, 2.45) is 0 Å². The molecular weight excluding hydrogens is 187 g/mol. The van der Waals surface area contributed by atoms with Crippen LogP contribution < -0.4 is 5.46 Å². The van der Waals surface area contributed by atoms with Gasteiger partial charge >= 0.3 is 5.97 Å². The van der Waals surface area contributed by atoms with E-state index in [1.165, 1.54) is 0 Å². The molecule has 1 aromatic carbocycles. The lowest BCUT2D eigenvalue weighted by Crippen LogP contribution is -2.31. The number of esters is 1. The van der Waals surface area contributed by atoms with Crippen molar-refractivity contribution in [1.82, 2.24) is 0 Å². The van der Waals surface area contributed by atoms with Crippen molar-refractivity contribution in [3.63, 3.8) is 0 Å². The lowest BCUT2D eigenvalue weighted by Gasteiger charge is -2.23. The number of benzene rings is 1. The van der Waals surface area contributed by atoms with Crippen LogP contribution in [0.5, 0.6) is 0 Å². The molecule has 0 saturated heterocycles. The number of carbonyl (C=O) groups is 1. The van der Waals surface area contributed by atoms with E-state index in [1.807, 2.05) is 52.9 Å². The predicted octanol–water partition coefficient (Wildman–Crippen LogP) is 0.786. The number of hydrogen-bond acceptors (Lipinski definition) is 2. The molecule has 0 bridgehead atoms. The molecule has 0 aromatic heterocycles. The third-order valence-corrected chi connectivity index (χ3v) is 2.53. The third-order valence-electron chi connectivity index (χ3n) is 2.53. The first-order valence-electron chi connectivity index (χ1n) is 5.23. The Morgan fingerprint density at radius 2 is 2.13 bits per heavy atom. The predicted molar refractivity (Wildman–Crippen MR) is 64.3 cm³/mol. The second-order valence-electron chi connectivity index (χ2n) is 4.21. The van der Waals surface area contributed by atoms with Crippen molar-refractivity contribution in [1.29, 1.82) is 0 Å². The molecule has 0 unspecified atom stereocenters. The minimum absolute atomic E-state index is 0.171. The Bertz CT molecular complexity index is 358. The van der Waals surface area contributed by atoms with Crippen LogP contribution in [0.15, 0.2) is 24.3 Å². The van der Waals surface area contributed by atoms with Crippen molar-refractivity contribution in [2.45, 2.75) is 26.2 Å². The van der Waals surface area contributed by atoms with Gasteiger partial charge < -0.3 is 4.74 Å². The number of hydrogen-bond donors (Lipinski definition) is 0. The van der Waals surface area contributed by atoms with Crippen LogP contribution >= 0.6 is 0 Å². The minimum Gasteiger partial charge on any atom is -0.465 e. The zero-order valence-electron chi connectivity index (χ0n) is 9.83. The fourth-order valence-electron chi connectivity index (χ4n) is 1.46. The number of carbonyl (C=O) groups excluding carboxylic acids is 1. The van der Waals surface area contributed by atoms with E-state index in [9.17, 15) is 4.79 Å². The normalized spacial score (nSPS) is 11.1. The Morgan fingerprint density at radius 3 is 2.67 bits per heavy atom. The monoisotopic (exact) mass is 204 g/mol. The molecule has 0 aliphatic rings. The van der Waals surface area contributed by atoms with Gasteiger partial charge in [-0.2, -0.15) is 0 Å². The molecule has 0 aliphatic carbocycles. The Morgan fingerprint density at radius 1 is 1.47 bits per heavy atom. The average molecular weight is 204 g/mol. The molecule has 0 heterocycles. The van der Waals surface area contributed by atoms with E-state index in [0.717, 1.165) is 11.0 Å². The van der Waals surface area contributed by atoms with E-state index in [0.29, 0.717) is 6.61 Å². The van der Waals surface area contributed by atoms with Gasteiger partial charge in [-0.05, 0) is 26.3 Å². The maximum Gasteiger partial charge on any atom is 0.315 e. The van der Waals surface area contributed by atoms with Crippen LogP contribution in [-0.4, -0.2) is 20.4 Å². The summed E-state index contributed by atoms with van der Waals surface area (Å²) >= 11 is 0. The van der Waals surface area contributed by atoms with Gasteiger partial charge in [-0.3, -0.25) is 4.79 Å². The van der Waals surface area contributed by atoms with Crippen molar-refractivity contribution in [3.05, 3.63) is 29.8 Å². The molecule has 1 rings (SSSR count). The van der Waals surface area contributed by atoms with Gasteiger partial charge in [0.05, 0.1) is 12.0 Å². The maximum atomic E-state index is 11.8. The zero-order chi connectivity index (χ0) is 11.5. The SMILES string of the molecule is Bc1cccc(C(C)(C)C(=O)OCC)c1. The van der Waals surface area contributed by atoms with E-state index < -0.39 is 5.41 Å². The summed E-state index contributed by atoms with van der Waals surface area (Å²) in [4.78, 5) is 11.8. The summed E-state index contributed by atoms with van der Waals surface area (Å²) in [7, 11) is 2.02. The Balaban J connectivity index is 2.99. The first-order valence-corrected chi connectivity index (χ1v) is 5.23. The largest absolute Gasteiger partial charge is 0.465 e.